The van der Waals surface area contributed by atoms with Crippen LogP contribution < -0.4 is 0 Å². The largest absolute Gasteiger partial charge is 0.203 e. The Bertz CT molecular complexity index is 1240. The van der Waals surface area contributed by atoms with E-state index in [4.69, 9.17) is 0 Å². The van der Waals surface area contributed by atoms with Gasteiger partial charge in [-0.25, -0.2) is 17.6 Å². The van der Waals surface area contributed by atoms with Gasteiger partial charge in [0.15, 0.2) is 23.3 Å². The lowest BCUT2D eigenvalue weighted by molar-refractivity contribution is 0.467. The Balaban J connectivity index is 1.61. The maximum atomic E-state index is 15.0. The van der Waals surface area contributed by atoms with E-state index < -0.39 is 23.3 Å². The van der Waals surface area contributed by atoms with Crippen molar-refractivity contribution < 1.29 is 17.6 Å². The summed E-state index contributed by atoms with van der Waals surface area (Å²) in [6.45, 7) is 3.97. The molecule has 0 heterocycles. The first-order chi connectivity index (χ1) is 16.4. The molecule has 1 aliphatic carbocycles. The standard InChI is InChI=1S/C30H28F4/c1-3-5-6-23-15-16-24(28(32)27(23)31)21-11-13-22(14-12-21)26-18-17-25(29(33)30(26)34)20-9-7-19(4-2)8-10-20/h3,5,9,11-19H,4,6-8,10H2,1-2H3/b5-3-. The Morgan fingerprint density at radius 3 is 1.88 bits per heavy atom. The van der Waals surface area contributed by atoms with Crippen LogP contribution in [0.2, 0.25) is 0 Å². The van der Waals surface area contributed by atoms with Gasteiger partial charge in [-0.3, -0.25) is 0 Å². The first-order valence-corrected chi connectivity index (χ1v) is 11.8. The SMILES string of the molecule is C/C=C\Cc1ccc(-c2ccc(-c3ccc(C4=CCC(CC)CC4)c(F)c3F)cc2)c(F)c1F. The first-order valence-electron chi connectivity index (χ1n) is 11.8. The molecule has 0 fully saturated rings. The molecular formula is C30H28F4. The van der Waals surface area contributed by atoms with E-state index in [9.17, 15) is 13.2 Å². The van der Waals surface area contributed by atoms with E-state index in [0.717, 1.165) is 31.3 Å². The van der Waals surface area contributed by atoms with Crippen LogP contribution in [-0.2, 0) is 6.42 Å². The summed E-state index contributed by atoms with van der Waals surface area (Å²) in [7, 11) is 0. The van der Waals surface area contributed by atoms with Crippen LogP contribution in [0, 0.1) is 29.2 Å². The molecule has 0 aromatic heterocycles. The van der Waals surface area contributed by atoms with Gasteiger partial charge in [-0.1, -0.05) is 80.1 Å². The van der Waals surface area contributed by atoms with Gasteiger partial charge in [0.05, 0.1) is 0 Å². The zero-order valence-electron chi connectivity index (χ0n) is 19.5. The molecule has 176 valence electrons. The number of rotatable bonds is 6. The molecule has 4 rings (SSSR count). The van der Waals surface area contributed by atoms with E-state index in [1.165, 1.54) is 0 Å². The Kier molecular flexibility index (Phi) is 7.35. The molecule has 4 heteroatoms. The molecule has 0 saturated carbocycles. The fraction of sp³-hybridized carbons (Fsp3) is 0.267. The summed E-state index contributed by atoms with van der Waals surface area (Å²) in [5.74, 6) is -2.91. The molecule has 1 aliphatic rings. The molecule has 0 nitrogen and oxygen atoms in total. The molecular weight excluding hydrogens is 436 g/mol. The van der Waals surface area contributed by atoms with Crippen molar-refractivity contribution in [2.24, 2.45) is 5.92 Å². The highest BCUT2D eigenvalue weighted by molar-refractivity contribution is 5.74. The summed E-state index contributed by atoms with van der Waals surface area (Å²) in [5.41, 5.74) is 2.68. The van der Waals surface area contributed by atoms with Crippen molar-refractivity contribution in [3.8, 4) is 22.3 Å². The lowest BCUT2D eigenvalue weighted by Gasteiger charge is -2.21. The number of hydrogen-bond donors (Lipinski definition) is 0. The first kappa shape index (κ1) is 24.0. The highest BCUT2D eigenvalue weighted by atomic mass is 19.2. The van der Waals surface area contributed by atoms with Gasteiger partial charge in [-0.15, -0.1) is 0 Å². The lowest BCUT2D eigenvalue weighted by atomic mass is 9.84. The van der Waals surface area contributed by atoms with Crippen molar-refractivity contribution in [3.63, 3.8) is 0 Å². The Morgan fingerprint density at radius 1 is 0.765 bits per heavy atom. The van der Waals surface area contributed by atoms with Crippen molar-refractivity contribution in [2.75, 3.05) is 0 Å². The van der Waals surface area contributed by atoms with Gasteiger partial charge in [-0.2, -0.15) is 0 Å². The molecule has 0 aliphatic heterocycles. The van der Waals surface area contributed by atoms with Gasteiger partial charge in [0.1, 0.15) is 0 Å². The van der Waals surface area contributed by atoms with Crippen LogP contribution in [0.25, 0.3) is 27.8 Å². The molecule has 3 aromatic rings. The molecule has 1 unspecified atom stereocenters. The summed E-state index contributed by atoms with van der Waals surface area (Å²) in [5, 5.41) is 0. The number of halogens is 4. The highest BCUT2D eigenvalue weighted by Gasteiger charge is 2.21. The highest BCUT2D eigenvalue weighted by Crippen LogP contribution is 2.36. The minimum atomic E-state index is -0.914. The molecule has 0 saturated heterocycles. The van der Waals surface area contributed by atoms with Crippen LogP contribution in [0.5, 0.6) is 0 Å². The van der Waals surface area contributed by atoms with Crippen molar-refractivity contribution in [3.05, 3.63) is 101 Å². The average molecular weight is 465 g/mol. The van der Waals surface area contributed by atoms with E-state index in [0.29, 0.717) is 29.0 Å². The van der Waals surface area contributed by atoms with Crippen molar-refractivity contribution in [1.29, 1.82) is 0 Å². The molecule has 1 atom stereocenters. The molecule has 3 aromatic carbocycles. The second-order valence-electron chi connectivity index (χ2n) is 8.82. The van der Waals surface area contributed by atoms with Crippen LogP contribution in [0.4, 0.5) is 17.6 Å². The molecule has 0 spiro atoms. The fourth-order valence-electron chi connectivity index (χ4n) is 4.57. The van der Waals surface area contributed by atoms with E-state index in [1.54, 1.807) is 60.7 Å². The Hall–Kier alpha value is -3.14. The van der Waals surface area contributed by atoms with Gasteiger partial charge < -0.3 is 0 Å². The van der Waals surface area contributed by atoms with Crippen molar-refractivity contribution >= 4 is 5.57 Å². The minimum absolute atomic E-state index is 0.130. The molecule has 0 amide bonds. The average Bonchev–Trinajstić information content (AvgIpc) is 2.87. The molecule has 0 N–H and O–H groups in total. The van der Waals surface area contributed by atoms with Gasteiger partial charge in [-0.05, 0) is 60.8 Å². The van der Waals surface area contributed by atoms with E-state index in [-0.39, 0.29) is 16.7 Å². The summed E-state index contributed by atoms with van der Waals surface area (Å²) in [6, 6.07) is 12.7. The fourth-order valence-corrected chi connectivity index (χ4v) is 4.57. The normalized spacial score (nSPS) is 16.2. The third-order valence-corrected chi connectivity index (χ3v) is 6.77. The van der Waals surface area contributed by atoms with Crippen LogP contribution in [0.1, 0.15) is 50.7 Å². The van der Waals surface area contributed by atoms with Gasteiger partial charge in [0, 0.05) is 16.7 Å². The number of allylic oxidation sites excluding steroid dienone is 4. The summed E-state index contributed by atoms with van der Waals surface area (Å²) in [4.78, 5) is 0. The van der Waals surface area contributed by atoms with Crippen molar-refractivity contribution in [2.45, 2.75) is 46.0 Å². The van der Waals surface area contributed by atoms with Crippen LogP contribution >= 0.6 is 0 Å². The monoisotopic (exact) mass is 464 g/mol. The third kappa shape index (κ3) is 4.72. The smallest absolute Gasteiger partial charge is 0.167 e. The summed E-state index contributed by atoms with van der Waals surface area (Å²) >= 11 is 0. The maximum Gasteiger partial charge on any atom is 0.167 e. The van der Waals surface area contributed by atoms with Gasteiger partial charge in [0.25, 0.3) is 0 Å². The summed E-state index contributed by atoms with van der Waals surface area (Å²) in [6.07, 6.45) is 9.61. The number of hydrogen-bond acceptors (Lipinski definition) is 0. The second-order valence-corrected chi connectivity index (χ2v) is 8.82. The zero-order chi connectivity index (χ0) is 24.2. The van der Waals surface area contributed by atoms with Gasteiger partial charge in [0.2, 0.25) is 0 Å². The van der Waals surface area contributed by atoms with E-state index in [2.05, 4.69) is 6.92 Å². The molecule has 0 radical (unpaired) electrons. The zero-order valence-corrected chi connectivity index (χ0v) is 19.5. The van der Waals surface area contributed by atoms with Crippen molar-refractivity contribution in [1.82, 2.24) is 0 Å². The number of benzene rings is 3. The predicted molar refractivity (Wildman–Crippen MR) is 131 cm³/mol. The topological polar surface area (TPSA) is 0 Å². The van der Waals surface area contributed by atoms with E-state index >= 15 is 4.39 Å². The third-order valence-electron chi connectivity index (χ3n) is 6.77. The Labute approximate surface area is 198 Å². The van der Waals surface area contributed by atoms with Crippen LogP contribution in [-0.4, -0.2) is 0 Å². The predicted octanol–water partition coefficient (Wildman–Crippen LogP) is 9.29. The van der Waals surface area contributed by atoms with E-state index in [1.807, 2.05) is 13.0 Å². The van der Waals surface area contributed by atoms with Crippen LogP contribution in [0.15, 0.2) is 66.8 Å². The quantitative estimate of drug-likeness (QED) is 0.252. The van der Waals surface area contributed by atoms with Gasteiger partial charge >= 0.3 is 0 Å². The lowest BCUT2D eigenvalue weighted by Crippen LogP contribution is -2.06. The summed E-state index contributed by atoms with van der Waals surface area (Å²) < 4.78 is 59.1. The molecule has 34 heavy (non-hydrogen) atoms. The minimum Gasteiger partial charge on any atom is -0.203 e. The Morgan fingerprint density at radius 2 is 1.32 bits per heavy atom. The second kappa shape index (κ2) is 10.4. The molecule has 0 bridgehead atoms. The van der Waals surface area contributed by atoms with Crippen LogP contribution in [0.3, 0.4) is 0 Å². The maximum absolute atomic E-state index is 15.0.